The van der Waals surface area contributed by atoms with Crippen LogP contribution in [-0.4, -0.2) is 62.7 Å². The van der Waals surface area contributed by atoms with Gasteiger partial charge in [0.05, 0.1) is 6.07 Å². The molecule has 4 nitrogen and oxygen atoms in total. The van der Waals surface area contributed by atoms with Crippen molar-refractivity contribution in [1.29, 1.82) is 5.26 Å². The third kappa shape index (κ3) is 3.62. The van der Waals surface area contributed by atoms with Gasteiger partial charge in [-0.25, -0.2) is 0 Å². The van der Waals surface area contributed by atoms with Gasteiger partial charge in [-0.15, -0.1) is 0 Å². The summed E-state index contributed by atoms with van der Waals surface area (Å²) in [7, 11) is 4.33. The van der Waals surface area contributed by atoms with Gasteiger partial charge in [-0.05, 0) is 14.1 Å². The number of hydrogen-bond donors (Lipinski definition) is 1. The van der Waals surface area contributed by atoms with Crippen LogP contribution in [0.5, 0.6) is 0 Å². The Morgan fingerprint density at radius 3 is 2.93 bits per heavy atom. The Morgan fingerprint density at radius 2 is 2.21 bits per heavy atom. The van der Waals surface area contributed by atoms with Crippen molar-refractivity contribution in [3.8, 4) is 6.07 Å². The summed E-state index contributed by atoms with van der Waals surface area (Å²) < 4.78 is 0. The molecular formula is C10H20N4. The number of nitrogens with one attached hydrogen (secondary N) is 1. The normalized spacial score (nSPS) is 24.8. The maximum Gasteiger partial charge on any atom is 0.0635 e. The minimum Gasteiger partial charge on any atom is -0.314 e. The Morgan fingerprint density at radius 1 is 1.43 bits per heavy atom. The molecule has 0 aliphatic carbocycles. The molecule has 4 heteroatoms. The minimum absolute atomic E-state index is 0.590. The Labute approximate surface area is 86.5 Å². The lowest BCUT2D eigenvalue weighted by atomic mass is 10.2. The van der Waals surface area contributed by atoms with Crippen LogP contribution in [0.25, 0.3) is 0 Å². The number of rotatable bonds is 4. The highest BCUT2D eigenvalue weighted by Crippen LogP contribution is 2.04. The van der Waals surface area contributed by atoms with E-state index in [0.717, 1.165) is 32.7 Å². The van der Waals surface area contributed by atoms with Crippen molar-refractivity contribution in [1.82, 2.24) is 15.1 Å². The Bertz CT molecular complexity index is 199. The second-order valence-corrected chi connectivity index (χ2v) is 4.01. The summed E-state index contributed by atoms with van der Waals surface area (Å²) in [6, 6.07) is 2.73. The van der Waals surface area contributed by atoms with E-state index in [-0.39, 0.29) is 0 Å². The predicted octanol–water partition coefficient (Wildman–Crippen LogP) is -0.265. The fourth-order valence-corrected chi connectivity index (χ4v) is 1.73. The van der Waals surface area contributed by atoms with E-state index in [4.69, 9.17) is 5.26 Å². The zero-order valence-electron chi connectivity index (χ0n) is 9.16. The van der Waals surface area contributed by atoms with Crippen LogP contribution in [0.3, 0.4) is 0 Å². The predicted molar refractivity (Wildman–Crippen MR) is 57.0 cm³/mol. The zero-order valence-corrected chi connectivity index (χ0v) is 9.16. The van der Waals surface area contributed by atoms with E-state index in [0.29, 0.717) is 12.5 Å². The van der Waals surface area contributed by atoms with Crippen LogP contribution in [0.1, 0.15) is 6.42 Å². The molecule has 1 fully saturated rings. The number of piperazine rings is 1. The first-order valence-corrected chi connectivity index (χ1v) is 5.20. The third-order valence-electron chi connectivity index (χ3n) is 2.77. The fourth-order valence-electron chi connectivity index (χ4n) is 1.73. The highest BCUT2D eigenvalue weighted by molar-refractivity contribution is 4.81. The van der Waals surface area contributed by atoms with Crippen LogP contribution in [0.2, 0.25) is 0 Å². The van der Waals surface area contributed by atoms with Gasteiger partial charge in [-0.3, -0.25) is 4.90 Å². The summed E-state index contributed by atoms with van der Waals surface area (Å²) in [5, 5.41) is 11.7. The van der Waals surface area contributed by atoms with Crippen molar-refractivity contribution < 1.29 is 0 Å². The molecule has 0 bridgehead atoms. The first-order chi connectivity index (χ1) is 6.74. The van der Waals surface area contributed by atoms with Crippen molar-refractivity contribution in [3.05, 3.63) is 0 Å². The van der Waals surface area contributed by atoms with Gasteiger partial charge in [0.2, 0.25) is 0 Å². The summed E-state index contributed by atoms with van der Waals surface area (Å²) in [5.74, 6) is 0. The maximum absolute atomic E-state index is 8.39. The van der Waals surface area contributed by atoms with Crippen LogP contribution in [-0.2, 0) is 0 Å². The maximum atomic E-state index is 8.39. The molecule has 14 heavy (non-hydrogen) atoms. The van der Waals surface area contributed by atoms with Gasteiger partial charge in [0, 0.05) is 45.2 Å². The van der Waals surface area contributed by atoms with Crippen LogP contribution in [0.15, 0.2) is 0 Å². The van der Waals surface area contributed by atoms with Crippen LogP contribution >= 0.6 is 0 Å². The largest absolute Gasteiger partial charge is 0.314 e. The SMILES string of the molecule is CN1CCN(C)C(CNCCC#N)C1. The van der Waals surface area contributed by atoms with Crippen molar-refractivity contribution in [3.63, 3.8) is 0 Å². The molecule has 0 aromatic carbocycles. The second-order valence-electron chi connectivity index (χ2n) is 4.01. The molecule has 0 aromatic heterocycles. The number of nitrogens with zero attached hydrogens (tertiary/aromatic N) is 3. The molecule has 1 aliphatic heterocycles. The molecule has 0 amide bonds. The van der Waals surface area contributed by atoms with E-state index < -0.39 is 0 Å². The molecule has 1 heterocycles. The second kappa shape index (κ2) is 5.97. The third-order valence-corrected chi connectivity index (χ3v) is 2.77. The lowest BCUT2D eigenvalue weighted by Gasteiger charge is -2.37. The molecule has 0 spiro atoms. The molecule has 1 N–H and O–H groups in total. The first-order valence-electron chi connectivity index (χ1n) is 5.20. The molecule has 0 radical (unpaired) electrons. The molecule has 1 saturated heterocycles. The van der Waals surface area contributed by atoms with Crippen molar-refractivity contribution in [2.24, 2.45) is 0 Å². The summed E-state index contributed by atoms with van der Waals surface area (Å²) in [6.07, 6.45) is 0.603. The van der Waals surface area contributed by atoms with E-state index >= 15 is 0 Å². The van der Waals surface area contributed by atoms with Crippen molar-refractivity contribution in [2.75, 3.05) is 46.8 Å². The summed E-state index contributed by atoms with van der Waals surface area (Å²) in [6.45, 7) is 5.22. The van der Waals surface area contributed by atoms with E-state index in [1.165, 1.54) is 0 Å². The lowest BCUT2D eigenvalue weighted by molar-refractivity contribution is 0.114. The van der Waals surface area contributed by atoms with Gasteiger partial charge in [-0.1, -0.05) is 0 Å². The molecule has 80 valence electrons. The number of hydrogen-bond acceptors (Lipinski definition) is 4. The van der Waals surface area contributed by atoms with Crippen LogP contribution < -0.4 is 5.32 Å². The smallest absolute Gasteiger partial charge is 0.0635 e. The zero-order chi connectivity index (χ0) is 10.4. The van der Waals surface area contributed by atoms with Gasteiger partial charge in [0.25, 0.3) is 0 Å². The Balaban J connectivity index is 2.18. The summed E-state index contributed by atoms with van der Waals surface area (Å²) in [5.41, 5.74) is 0. The Kier molecular flexibility index (Phi) is 4.88. The van der Waals surface area contributed by atoms with Crippen molar-refractivity contribution in [2.45, 2.75) is 12.5 Å². The fraction of sp³-hybridized carbons (Fsp3) is 0.900. The van der Waals surface area contributed by atoms with Gasteiger partial charge in [0.15, 0.2) is 0 Å². The van der Waals surface area contributed by atoms with Gasteiger partial charge < -0.3 is 10.2 Å². The average molecular weight is 196 g/mol. The van der Waals surface area contributed by atoms with Crippen LogP contribution in [0, 0.1) is 11.3 Å². The topological polar surface area (TPSA) is 42.3 Å². The summed E-state index contributed by atoms with van der Waals surface area (Å²) >= 11 is 0. The summed E-state index contributed by atoms with van der Waals surface area (Å²) in [4.78, 5) is 4.75. The van der Waals surface area contributed by atoms with E-state index in [2.05, 4.69) is 35.3 Å². The highest BCUT2D eigenvalue weighted by Gasteiger charge is 2.21. The average Bonchev–Trinajstić information content (AvgIpc) is 2.18. The van der Waals surface area contributed by atoms with E-state index in [1.807, 2.05) is 0 Å². The standard InChI is InChI=1S/C10H20N4/c1-13-6-7-14(2)10(9-13)8-12-5-3-4-11/h10,12H,3,5-9H2,1-2H3. The van der Waals surface area contributed by atoms with E-state index in [1.54, 1.807) is 0 Å². The molecule has 1 rings (SSSR count). The molecular weight excluding hydrogens is 176 g/mol. The van der Waals surface area contributed by atoms with Gasteiger partial charge in [-0.2, -0.15) is 5.26 Å². The Hall–Kier alpha value is -0.630. The molecule has 1 atom stereocenters. The quantitative estimate of drug-likeness (QED) is 0.629. The number of nitriles is 1. The molecule has 0 aromatic rings. The van der Waals surface area contributed by atoms with Gasteiger partial charge in [0.1, 0.15) is 0 Å². The monoisotopic (exact) mass is 196 g/mol. The molecule has 1 aliphatic rings. The van der Waals surface area contributed by atoms with Gasteiger partial charge >= 0.3 is 0 Å². The molecule has 1 unspecified atom stereocenters. The lowest BCUT2D eigenvalue weighted by Crippen LogP contribution is -2.53. The first kappa shape index (κ1) is 11.4. The minimum atomic E-state index is 0.590. The number of likely N-dealkylation sites (N-methyl/N-ethyl adjacent to an activating group) is 2. The highest BCUT2D eigenvalue weighted by atomic mass is 15.3. The van der Waals surface area contributed by atoms with Crippen LogP contribution in [0.4, 0.5) is 0 Å². The molecule has 0 saturated carbocycles. The van der Waals surface area contributed by atoms with Crippen molar-refractivity contribution >= 4 is 0 Å². The van der Waals surface area contributed by atoms with E-state index in [9.17, 15) is 0 Å².